The van der Waals surface area contributed by atoms with E-state index >= 15 is 0 Å². The van der Waals surface area contributed by atoms with Crippen molar-refractivity contribution < 1.29 is 14.3 Å². The van der Waals surface area contributed by atoms with E-state index in [0.717, 1.165) is 22.6 Å². The highest BCUT2D eigenvalue weighted by atomic mass is 16.5. The zero-order valence-electron chi connectivity index (χ0n) is 12.9. The molecule has 0 atom stereocenters. The number of amides is 1. The van der Waals surface area contributed by atoms with Crippen molar-refractivity contribution >= 4 is 28.7 Å². The minimum atomic E-state index is -0.113. The SMILES string of the molecule is O=Cc1ccc2c(c1)N(Cc1cccc3ccccc13)C(=O)CO2. The van der Waals surface area contributed by atoms with Gasteiger partial charge in [0.2, 0.25) is 0 Å². The van der Waals surface area contributed by atoms with Gasteiger partial charge in [0.05, 0.1) is 12.2 Å². The van der Waals surface area contributed by atoms with Crippen molar-refractivity contribution in [2.45, 2.75) is 6.54 Å². The van der Waals surface area contributed by atoms with Crippen LogP contribution in [-0.4, -0.2) is 18.8 Å². The van der Waals surface area contributed by atoms with Gasteiger partial charge in [0.25, 0.3) is 5.91 Å². The zero-order valence-corrected chi connectivity index (χ0v) is 12.9. The van der Waals surface area contributed by atoms with Gasteiger partial charge in [-0.25, -0.2) is 0 Å². The van der Waals surface area contributed by atoms with Crippen molar-refractivity contribution in [1.82, 2.24) is 0 Å². The number of carbonyl (C=O) groups excluding carboxylic acids is 2. The Morgan fingerprint density at radius 3 is 2.75 bits per heavy atom. The second-order valence-electron chi connectivity index (χ2n) is 5.75. The van der Waals surface area contributed by atoms with Gasteiger partial charge in [-0.15, -0.1) is 0 Å². The summed E-state index contributed by atoms with van der Waals surface area (Å²) in [6.07, 6.45) is 0.773. The molecule has 0 spiro atoms. The lowest BCUT2D eigenvalue weighted by atomic mass is 10.0. The van der Waals surface area contributed by atoms with E-state index in [9.17, 15) is 9.59 Å². The van der Waals surface area contributed by atoms with Crippen LogP contribution >= 0.6 is 0 Å². The second-order valence-corrected chi connectivity index (χ2v) is 5.75. The predicted octanol–water partition coefficient (Wildman–Crippen LogP) is 3.58. The van der Waals surface area contributed by atoms with Crippen LogP contribution in [0.2, 0.25) is 0 Å². The number of aldehydes is 1. The van der Waals surface area contributed by atoms with E-state index in [1.165, 1.54) is 0 Å². The maximum absolute atomic E-state index is 12.4. The molecule has 0 aromatic heterocycles. The molecular weight excluding hydrogens is 302 g/mol. The largest absolute Gasteiger partial charge is 0.482 e. The molecule has 0 aliphatic carbocycles. The van der Waals surface area contributed by atoms with Crippen LogP contribution in [0.4, 0.5) is 5.69 Å². The molecule has 0 radical (unpaired) electrons. The Morgan fingerprint density at radius 1 is 1.04 bits per heavy atom. The number of fused-ring (bicyclic) bond motifs is 2. The van der Waals surface area contributed by atoms with Gasteiger partial charge in [-0.2, -0.15) is 0 Å². The molecule has 0 bridgehead atoms. The molecule has 3 aromatic carbocycles. The summed E-state index contributed by atoms with van der Waals surface area (Å²) in [5.41, 5.74) is 2.23. The minimum Gasteiger partial charge on any atom is -0.482 e. The average molecular weight is 317 g/mol. The van der Waals surface area contributed by atoms with Gasteiger partial charge in [0, 0.05) is 5.56 Å². The van der Waals surface area contributed by atoms with Crippen LogP contribution in [0.5, 0.6) is 5.75 Å². The number of hydrogen-bond acceptors (Lipinski definition) is 3. The maximum atomic E-state index is 12.4. The van der Waals surface area contributed by atoms with Crippen LogP contribution in [0.3, 0.4) is 0 Å². The van der Waals surface area contributed by atoms with E-state index in [0.29, 0.717) is 23.5 Å². The first-order valence-corrected chi connectivity index (χ1v) is 7.75. The number of nitrogens with zero attached hydrogens (tertiary/aromatic N) is 1. The van der Waals surface area contributed by atoms with E-state index in [1.807, 2.05) is 24.3 Å². The highest BCUT2D eigenvalue weighted by molar-refractivity contribution is 5.99. The second kappa shape index (κ2) is 5.81. The Hall–Kier alpha value is -3.14. The fraction of sp³-hybridized carbons (Fsp3) is 0.100. The molecule has 1 aliphatic heterocycles. The third-order valence-electron chi connectivity index (χ3n) is 4.27. The van der Waals surface area contributed by atoms with Gasteiger partial charge < -0.3 is 9.64 Å². The monoisotopic (exact) mass is 317 g/mol. The Morgan fingerprint density at radius 2 is 1.88 bits per heavy atom. The summed E-state index contributed by atoms with van der Waals surface area (Å²) in [7, 11) is 0. The first-order chi connectivity index (χ1) is 11.8. The van der Waals surface area contributed by atoms with Crippen molar-refractivity contribution in [3.63, 3.8) is 0 Å². The molecule has 1 heterocycles. The summed E-state index contributed by atoms with van der Waals surface area (Å²) < 4.78 is 5.48. The standard InChI is InChI=1S/C20H15NO3/c22-12-14-8-9-19-18(10-14)21(20(23)13-24-19)11-16-6-3-5-15-4-1-2-7-17(15)16/h1-10,12H,11,13H2. The average Bonchev–Trinajstić information content (AvgIpc) is 2.64. The van der Waals surface area contributed by atoms with Gasteiger partial charge in [0.15, 0.2) is 6.61 Å². The highest BCUT2D eigenvalue weighted by Gasteiger charge is 2.26. The number of anilines is 1. The summed E-state index contributed by atoms with van der Waals surface area (Å²) >= 11 is 0. The van der Waals surface area contributed by atoms with Crippen LogP contribution in [-0.2, 0) is 11.3 Å². The van der Waals surface area contributed by atoms with E-state index in [1.54, 1.807) is 23.1 Å². The molecule has 0 unspecified atom stereocenters. The molecule has 4 rings (SSSR count). The topological polar surface area (TPSA) is 46.6 Å². The quantitative estimate of drug-likeness (QED) is 0.694. The Kier molecular flexibility index (Phi) is 3.50. The zero-order chi connectivity index (χ0) is 16.5. The number of carbonyl (C=O) groups is 2. The van der Waals surface area contributed by atoms with Gasteiger partial charge in [-0.05, 0) is 34.5 Å². The lowest BCUT2D eigenvalue weighted by Gasteiger charge is -2.30. The third kappa shape index (κ3) is 2.42. The van der Waals surface area contributed by atoms with Gasteiger partial charge in [0.1, 0.15) is 12.0 Å². The first kappa shape index (κ1) is 14.5. The number of benzene rings is 3. The van der Waals surface area contributed by atoms with Crippen molar-refractivity contribution in [3.8, 4) is 5.75 Å². The molecule has 1 aliphatic rings. The molecule has 4 heteroatoms. The Balaban J connectivity index is 1.79. The molecule has 4 nitrogen and oxygen atoms in total. The van der Waals surface area contributed by atoms with Crippen molar-refractivity contribution in [2.75, 3.05) is 11.5 Å². The van der Waals surface area contributed by atoms with E-state index < -0.39 is 0 Å². The fourth-order valence-electron chi connectivity index (χ4n) is 3.07. The predicted molar refractivity (Wildman–Crippen MR) is 92.5 cm³/mol. The van der Waals surface area contributed by atoms with Crippen molar-refractivity contribution in [3.05, 3.63) is 71.8 Å². The van der Waals surface area contributed by atoms with Crippen LogP contribution in [0.15, 0.2) is 60.7 Å². The van der Waals surface area contributed by atoms with Crippen molar-refractivity contribution in [1.29, 1.82) is 0 Å². The van der Waals surface area contributed by atoms with Crippen LogP contribution in [0.1, 0.15) is 15.9 Å². The molecule has 24 heavy (non-hydrogen) atoms. The fourth-order valence-corrected chi connectivity index (χ4v) is 3.07. The molecular formula is C20H15NO3. The normalized spacial score (nSPS) is 13.5. The molecule has 1 amide bonds. The smallest absolute Gasteiger partial charge is 0.265 e. The van der Waals surface area contributed by atoms with Crippen molar-refractivity contribution in [2.24, 2.45) is 0 Å². The molecule has 0 saturated heterocycles. The summed E-state index contributed by atoms with van der Waals surface area (Å²) in [5.74, 6) is 0.513. The molecule has 118 valence electrons. The lowest BCUT2D eigenvalue weighted by molar-refractivity contribution is -0.121. The van der Waals surface area contributed by atoms with Gasteiger partial charge in [-0.1, -0.05) is 42.5 Å². The van der Waals surface area contributed by atoms with Crippen LogP contribution in [0.25, 0.3) is 10.8 Å². The van der Waals surface area contributed by atoms with E-state index in [4.69, 9.17) is 4.74 Å². The highest BCUT2D eigenvalue weighted by Crippen LogP contribution is 2.34. The summed E-state index contributed by atoms with van der Waals surface area (Å²) in [6, 6.07) is 19.3. The van der Waals surface area contributed by atoms with E-state index in [-0.39, 0.29) is 12.5 Å². The Bertz CT molecular complexity index is 943. The summed E-state index contributed by atoms with van der Waals surface area (Å²) in [6.45, 7) is 0.455. The Labute approximate surface area is 139 Å². The third-order valence-corrected chi connectivity index (χ3v) is 4.27. The molecule has 0 saturated carbocycles. The number of hydrogen-bond donors (Lipinski definition) is 0. The number of ether oxygens (including phenoxy) is 1. The summed E-state index contributed by atoms with van der Waals surface area (Å²) in [5, 5.41) is 2.25. The number of rotatable bonds is 3. The molecule has 0 N–H and O–H groups in total. The summed E-state index contributed by atoms with van der Waals surface area (Å²) in [4.78, 5) is 25.2. The minimum absolute atomic E-state index is 0.0121. The van der Waals surface area contributed by atoms with Gasteiger partial charge >= 0.3 is 0 Å². The lowest BCUT2D eigenvalue weighted by Crippen LogP contribution is -2.38. The maximum Gasteiger partial charge on any atom is 0.265 e. The van der Waals surface area contributed by atoms with E-state index in [2.05, 4.69) is 18.2 Å². The van der Waals surface area contributed by atoms with Crippen LogP contribution < -0.4 is 9.64 Å². The van der Waals surface area contributed by atoms with Crippen LogP contribution in [0, 0.1) is 0 Å². The first-order valence-electron chi connectivity index (χ1n) is 7.75. The van der Waals surface area contributed by atoms with Gasteiger partial charge in [-0.3, -0.25) is 9.59 Å². The molecule has 0 fully saturated rings. The molecule has 3 aromatic rings.